The van der Waals surface area contributed by atoms with E-state index in [0.717, 1.165) is 18.2 Å². The Bertz CT molecular complexity index is 1090. The number of aromatic nitrogens is 4. The van der Waals surface area contributed by atoms with Gasteiger partial charge in [0, 0.05) is 19.3 Å². The van der Waals surface area contributed by atoms with Gasteiger partial charge < -0.3 is 15.1 Å². The highest BCUT2D eigenvalue weighted by Gasteiger charge is 2.17. The van der Waals surface area contributed by atoms with Gasteiger partial charge in [0.05, 0.1) is 11.8 Å². The van der Waals surface area contributed by atoms with Crippen LogP contribution in [0, 0.1) is 0 Å². The Labute approximate surface area is 156 Å². The van der Waals surface area contributed by atoms with E-state index in [1.54, 1.807) is 12.3 Å². The summed E-state index contributed by atoms with van der Waals surface area (Å²) in [5, 5.41) is 3.80. The molecule has 3 rings (SSSR count). The Morgan fingerprint density at radius 3 is 2.89 bits per heavy atom. The number of hydrogen-bond acceptors (Lipinski definition) is 8. The van der Waals surface area contributed by atoms with E-state index in [4.69, 9.17) is 10.6 Å². The lowest BCUT2D eigenvalue weighted by molar-refractivity contribution is 0.215. The lowest BCUT2D eigenvalue weighted by Gasteiger charge is -2.09. The number of rotatable bonds is 8. The fraction of sp³-hybridized carbons (Fsp3) is 0.375. The molecule has 0 spiro atoms. The Morgan fingerprint density at radius 2 is 2.15 bits per heavy atom. The molecule has 0 saturated carbocycles. The second kappa shape index (κ2) is 7.84. The maximum Gasteiger partial charge on any atom is 0.208 e. The molecule has 0 fully saturated rings. The topological polar surface area (TPSA) is 137 Å². The summed E-state index contributed by atoms with van der Waals surface area (Å²) in [6, 6.07) is 3.64. The molecule has 11 heteroatoms. The van der Waals surface area contributed by atoms with Gasteiger partial charge in [0.15, 0.2) is 11.6 Å². The quantitative estimate of drug-likeness (QED) is 0.330. The number of nitrogens with two attached hydrogens (primary N) is 1. The fourth-order valence-corrected chi connectivity index (χ4v) is 3.33. The zero-order chi connectivity index (χ0) is 19.4. The highest BCUT2D eigenvalue weighted by atomic mass is 32.2. The van der Waals surface area contributed by atoms with Gasteiger partial charge in [0.1, 0.15) is 29.9 Å². The summed E-state index contributed by atoms with van der Waals surface area (Å²) in [5.41, 5.74) is 8.78. The third-order valence-corrected chi connectivity index (χ3v) is 4.67. The van der Waals surface area contributed by atoms with Crippen molar-refractivity contribution in [3.8, 4) is 0 Å². The number of hydrogen-bond donors (Lipinski definition) is 2. The zero-order valence-electron chi connectivity index (χ0n) is 15.1. The summed E-state index contributed by atoms with van der Waals surface area (Å²) < 4.78 is 26.8. The van der Waals surface area contributed by atoms with Gasteiger partial charge in [-0.15, -0.1) is 0 Å². The SMILES string of the molecule is CO/N=C/c1nc2c(N)nc3cccnc3c2n1CCCCNS(C)(=O)=O. The van der Waals surface area contributed by atoms with Crippen LogP contribution < -0.4 is 10.5 Å². The van der Waals surface area contributed by atoms with Gasteiger partial charge in [-0.3, -0.25) is 4.98 Å². The van der Waals surface area contributed by atoms with E-state index in [9.17, 15) is 8.42 Å². The van der Waals surface area contributed by atoms with Crippen molar-refractivity contribution in [3.63, 3.8) is 0 Å². The number of sulfonamides is 1. The van der Waals surface area contributed by atoms with E-state index < -0.39 is 10.0 Å². The number of pyridine rings is 2. The molecule has 0 bridgehead atoms. The van der Waals surface area contributed by atoms with Crippen molar-refractivity contribution in [2.75, 3.05) is 25.6 Å². The first-order valence-corrected chi connectivity index (χ1v) is 10.2. The third-order valence-electron chi connectivity index (χ3n) is 3.94. The summed E-state index contributed by atoms with van der Waals surface area (Å²) in [6.07, 6.45) is 5.72. The highest BCUT2D eigenvalue weighted by Crippen LogP contribution is 2.27. The van der Waals surface area contributed by atoms with Gasteiger partial charge in [-0.05, 0) is 25.0 Å². The fourth-order valence-electron chi connectivity index (χ4n) is 2.82. The number of nitrogen functional groups attached to an aromatic ring is 1. The van der Waals surface area contributed by atoms with Gasteiger partial charge in [-0.25, -0.2) is 23.1 Å². The van der Waals surface area contributed by atoms with Gasteiger partial charge >= 0.3 is 0 Å². The minimum absolute atomic E-state index is 0.315. The Kier molecular flexibility index (Phi) is 5.51. The molecule has 0 aliphatic carbocycles. The average molecular weight is 391 g/mol. The van der Waals surface area contributed by atoms with E-state index in [1.165, 1.54) is 13.3 Å². The Hall–Kier alpha value is -2.79. The van der Waals surface area contributed by atoms with Crippen LogP contribution in [0.1, 0.15) is 18.7 Å². The second-order valence-corrected chi connectivity index (χ2v) is 7.81. The number of nitrogens with one attached hydrogen (secondary N) is 1. The first-order chi connectivity index (χ1) is 12.9. The minimum Gasteiger partial charge on any atom is -0.399 e. The Balaban J connectivity index is 1.98. The normalized spacial score (nSPS) is 12.4. The average Bonchev–Trinajstić information content (AvgIpc) is 2.98. The van der Waals surface area contributed by atoms with E-state index >= 15 is 0 Å². The van der Waals surface area contributed by atoms with E-state index in [1.807, 2.05) is 10.6 Å². The van der Waals surface area contributed by atoms with Gasteiger partial charge in [-0.2, -0.15) is 0 Å². The van der Waals surface area contributed by atoms with Crippen molar-refractivity contribution in [1.29, 1.82) is 0 Å². The molecule has 0 aliphatic rings. The summed E-state index contributed by atoms with van der Waals surface area (Å²) >= 11 is 0. The molecule has 144 valence electrons. The number of imidazole rings is 1. The van der Waals surface area contributed by atoms with Crippen LogP contribution in [-0.4, -0.2) is 54.1 Å². The van der Waals surface area contributed by atoms with Crippen LogP contribution in [-0.2, 0) is 21.4 Å². The van der Waals surface area contributed by atoms with Crippen molar-refractivity contribution in [3.05, 3.63) is 24.2 Å². The van der Waals surface area contributed by atoms with Gasteiger partial charge in [0.2, 0.25) is 10.0 Å². The molecule has 0 amide bonds. The molecule has 0 unspecified atom stereocenters. The number of nitrogens with zero attached hydrogens (tertiary/aromatic N) is 5. The molecule has 3 N–H and O–H groups in total. The molecule has 27 heavy (non-hydrogen) atoms. The number of aryl methyl sites for hydroxylation is 1. The molecule has 3 heterocycles. The molecule has 0 atom stereocenters. The Morgan fingerprint density at radius 1 is 1.33 bits per heavy atom. The predicted molar refractivity (Wildman–Crippen MR) is 104 cm³/mol. The first kappa shape index (κ1) is 19.0. The van der Waals surface area contributed by atoms with E-state index in [-0.39, 0.29) is 0 Å². The third kappa shape index (κ3) is 4.31. The molecule has 3 aromatic heterocycles. The van der Waals surface area contributed by atoms with Crippen LogP contribution in [0.25, 0.3) is 22.1 Å². The summed E-state index contributed by atoms with van der Waals surface area (Å²) in [6.45, 7) is 0.956. The molecular weight excluding hydrogens is 370 g/mol. The highest BCUT2D eigenvalue weighted by molar-refractivity contribution is 7.88. The number of anilines is 1. The molecule has 0 aliphatic heterocycles. The van der Waals surface area contributed by atoms with Crippen LogP contribution in [0.4, 0.5) is 5.82 Å². The minimum atomic E-state index is -3.19. The zero-order valence-corrected chi connectivity index (χ0v) is 15.9. The van der Waals surface area contributed by atoms with E-state index in [2.05, 4.69) is 24.8 Å². The standard InChI is InChI=1S/C16H21N7O3S/c1-26-19-10-12-22-14-15(13-11(21-16(14)17)6-5-7-18-13)23(12)9-4-3-8-20-27(2,24)25/h5-7,10,20H,3-4,8-9H2,1-2H3,(H2,17,21)/b19-10+. The number of oxime groups is 1. The molecule has 0 radical (unpaired) electrons. The van der Waals surface area contributed by atoms with Gasteiger partial charge in [-0.1, -0.05) is 5.16 Å². The van der Waals surface area contributed by atoms with E-state index in [0.29, 0.717) is 47.7 Å². The summed E-state index contributed by atoms with van der Waals surface area (Å²) in [5.74, 6) is 0.879. The van der Waals surface area contributed by atoms with Crippen molar-refractivity contribution < 1.29 is 13.3 Å². The predicted octanol–water partition coefficient (Wildman–Crippen LogP) is 0.871. The monoisotopic (exact) mass is 391 g/mol. The molecule has 0 saturated heterocycles. The maximum atomic E-state index is 11.2. The number of unbranched alkanes of at least 4 members (excludes halogenated alkanes) is 1. The molecule has 3 aromatic rings. The smallest absolute Gasteiger partial charge is 0.208 e. The second-order valence-electron chi connectivity index (χ2n) is 5.98. The van der Waals surface area contributed by atoms with Crippen molar-refractivity contribution in [2.45, 2.75) is 19.4 Å². The molecular formula is C16H21N7O3S. The molecule has 0 aromatic carbocycles. The van der Waals surface area contributed by atoms with Crippen molar-refractivity contribution in [2.24, 2.45) is 5.16 Å². The van der Waals surface area contributed by atoms with Gasteiger partial charge in [0.25, 0.3) is 0 Å². The van der Waals surface area contributed by atoms with Crippen LogP contribution >= 0.6 is 0 Å². The van der Waals surface area contributed by atoms with Crippen LogP contribution in [0.2, 0.25) is 0 Å². The summed E-state index contributed by atoms with van der Waals surface area (Å²) in [7, 11) is -1.74. The molecule has 10 nitrogen and oxygen atoms in total. The van der Waals surface area contributed by atoms with Crippen molar-refractivity contribution >= 4 is 44.1 Å². The van der Waals surface area contributed by atoms with Crippen LogP contribution in [0.15, 0.2) is 23.5 Å². The summed E-state index contributed by atoms with van der Waals surface area (Å²) in [4.78, 5) is 18.1. The largest absolute Gasteiger partial charge is 0.399 e. The first-order valence-electron chi connectivity index (χ1n) is 8.32. The van der Waals surface area contributed by atoms with Crippen LogP contribution in [0.5, 0.6) is 0 Å². The lowest BCUT2D eigenvalue weighted by Crippen LogP contribution is -2.23. The lowest BCUT2D eigenvalue weighted by atomic mass is 10.2. The van der Waals surface area contributed by atoms with Crippen molar-refractivity contribution in [1.82, 2.24) is 24.2 Å². The van der Waals surface area contributed by atoms with Crippen LogP contribution in [0.3, 0.4) is 0 Å². The maximum absolute atomic E-state index is 11.2. The number of fused-ring (bicyclic) bond motifs is 3.